The van der Waals surface area contributed by atoms with Crippen LogP contribution in [0.3, 0.4) is 0 Å². The van der Waals surface area contributed by atoms with Crippen molar-refractivity contribution in [1.82, 2.24) is 10.6 Å². The highest BCUT2D eigenvalue weighted by atomic mass is 16.5. The van der Waals surface area contributed by atoms with Crippen molar-refractivity contribution in [3.05, 3.63) is 59.2 Å². The van der Waals surface area contributed by atoms with Crippen LogP contribution in [0.4, 0.5) is 0 Å². The van der Waals surface area contributed by atoms with Crippen molar-refractivity contribution < 1.29 is 19.1 Å². The Bertz CT molecular complexity index is 1330. The number of aryl methyl sites for hydroxylation is 1. The molecule has 0 aliphatic carbocycles. The summed E-state index contributed by atoms with van der Waals surface area (Å²) in [4.78, 5) is 24.1. The summed E-state index contributed by atoms with van der Waals surface area (Å²) in [5.74, 6) is 1.51. The van der Waals surface area contributed by atoms with Crippen molar-refractivity contribution in [2.45, 2.75) is 221 Å². The number of benzene rings is 2. The van der Waals surface area contributed by atoms with E-state index in [0.717, 1.165) is 30.8 Å². The lowest BCUT2D eigenvalue weighted by atomic mass is 9.76. The minimum atomic E-state index is -0.422. The Kier molecular flexibility index (Phi) is 25.1. The zero-order valence-corrected chi connectivity index (χ0v) is 37.6. The average Bonchev–Trinajstić information content (AvgIpc) is 3.14. The van der Waals surface area contributed by atoms with Crippen LogP contribution in [0.5, 0.6) is 11.5 Å². The Morgan fingerprint density at radius 2 is 1.20 bits per heavy atom. The minimum absolute atomic E-state index is 0.00366. The van der Waals surface area contributed by atoms with Gasteiger partial charge in [-0.1, -0.05) is 157 Å². The van der Waals surface area contributed by atoms with Gasteiger partial charge in [0.1, 0.15) is 11.5 Å². The molecule has 0 radical (unpaired) electrons. The number of hydrogen-bond donors (Lipinski definition) is 2. The molecule has 0 saturated carbocycles. The molecule has 2 N–H and O–H groups in total. The molecule has 0 aromatic heterocycles. The Balaban J connectivity index is 0.000000568. The van der Waals surface area contributed by atoms with Crippen LogP contribution in [0.15, 0.2) is 42.5 Å². The molecule has 0 heterocycles. The fourth-order valence-electron chi connectivity index (χ4n) is 6.49. The maximum absolute atomic E-state index is 12.2. The first kappa shape index (κ1) is 50.0. The third-order valence-corrected chi connectivity index (χ3v) is 10.9. The lowest BCUT2D eigenvalue weighted by molar-refractivity contribution is -0.128. The highest BCUT2D eigenvalue weighted by molar-refractivity contribution is 5.81. The van der Waals surface area contributed by atoms with Crippen LogP contribution in [0, 0.1) is 0 Å². The minimum Gasteiger partial charge on any atom is -0.483 e. The van der Waals surface area contributed by atoms with Crippen molar-refractivity contribution in [2.24, 2.45) is 0 Å². The summed E-state index contributed by atoms with van der Waals surface area (Å²) in [6.45, 7) is 25.6. The maximum Gasteiger partial charge on any atom is 0.261 e. The van der Waals surface area contributed by atoms with E-state index in [2.05, 4.69) is 83.4 Å². The summed E-state index contributed by atoms with van der Waals surface area (Å²) in [5, 5.41) is 5.81. The monoisotopic (exact) mass is 765 g/mol. The lowest BCUT2D eigenvalue weighted by Crippen LogP contribution is -2.41. The normalized spacial score (nSPS) is 12.3. The predicted molar refractivity (Wildman–Crippen MR) is 236 cm³/mol. The van der Waals surface area contributed by atoms with E-state index in [9.17, 15) is 9.59 Å². The van der Waals surface area contributed by atoms with Gasteiger partial charge in [0, 0.05) is 17.6 Å². The third-order valence-electron chi connectivity index (χ3n) is 10.9. The molecule has 1 atom stereocenters. The summed E-state index contributed by atoms with van der Waals surface area (Å²) < 4.78 is 11.9. The number of carbonyl (C=O) groups excluding carboxylic acids is 2. The Morgan fingerprint density at radius 1 is 0.655 bits per heavy atom. The van der Waals surface area contributed by atoms with Crippen LogP contribution < -0.4 is 20.1 Å². The van der Waals surface area contributed by atoms with Crippen molar-refractivity contribution in [2.75, 3.05) is 6.61 Å². The van der Waals surface area contributed by atoms with Crippen molar-refractivity contribution in [3.63, 3.8) is 0 Å². The Morgan fingerprint density at radius 3 is 1.71 bits per heavy atom. The van der Waals surface area contributed by atoms with Gasteiger partial charge in [-0.15, -0.1) is 0 Å². The zero-order chi connectivity index (χ0) is 41.3. The molecular weight excluding hydrogens is 681 g/mol. The number of amides is 2. The van der Waals surface area contributed by atoms with Gasteiger partial charge in [-0.05, 0) is 100.0 Å². The van der Waals surface area contributed by atoms with E-state index in [0.29, 0.717) is 6.42 Å². The van der Waals surface area contributed by atoms with Crippen LogP contribution in [0.1, 0.15) is 203 Å². The van der Waals surface area contributed by atoms with E-state index in [-0.39, 0.29) is 41.3 Å². The molecule has 6 heteroatoms. The van der Waals surface area contributed by atoms with Gasteiger partial charge in [0.15, 0.2) is 12.7 Å². The largest absolute Gasteiger partial charge is 0.483 e. The van der Waals surface area contributed by atoms with Gasteiger partial charge < -0.3 is 20.1 Å². The fourth-order valence-corrected chi connectivity index (χ4v) is 6.49. The van der Waals surface area contributed by atoms with Crippen LogP contribution >= 0.6 is 0 Å². The first-order valence-electron chi connectivity index (χ1n) is 22.2. The molecule has 6 nitrogen and oxygen atoms in total. The predicted octanol–water partition coefficient (Wildman–Crippen LogP) is 13.0. The number of nitrogens with one attached hydrogen (secondary N) is 2. The molecule has 0 bridgehead atoms. The lowest BCUT2D eigenvalue weighted by Gasteiger charge is -2.30. The summed E-state index contributed by atoms with van der Waals surface area (Å²) in [7, 11) is 0. The zero-order valence-electron chi connectivity index (χ0n) is 37.6. The van der Waals surface area contributed by atoms with Gasteiger partial charge in [0.25, 0.3) is 11.8 Å². The highest BCUT2D eigenvalue weighted by Gasteiger charge is 2.27. The average molecular weight is 765 g/mol. The second-order valence-electron chi connectivity index (χ2n) is 17.5. The van der Waals surface area contributed by atoms with Gasteiger partial charge in [-0.3, -0.25) is 9.59 Å². The van der Waals surface area contributed by atoms with Crippen LogP contribution in [-0.4, -0.2) is 36.6 Å². The molecule has 2 aromatic rings. The summed E-state index contributed by atoms with van der Waals surface area (Å²) in [6.07, 6.45) is 21.4. The van der Waals surface area contributed by atoms with Crippen molar-refractivity contribution >= 4 is 11.8 Å². The molecule has 2 rings (SSSR count). The van der Waals surface area contributed by atoms with Crippen molar-refractivity contribution in [1.29, 1.82) is 0 Å². The van der Waals surface area contributed by atoms with Crippen molar-refractivity contribution in [3.8, 4) is 11.5 Å². The molecule has 55 heavy (non-hydrogen) atoms. The van der Waals surface area contributed by atoms with E-state index in [1.807, 2.05) is 52.8 Å². The topological polar surface area (TPSA) is 76.7 Å². The van der Waals surface area contributed by atoms with Gasteiger partial charge in [-0.25, -0.2) is 0 Å². The number of hydrogen-bond acceptors (Lipinski definition) is 4. The van der Waals surface area contributed by atoms with E-state index < -0.39 is 6.10 Å². The molecule has 2 aromatic carbocycles. The number of unbranched alkanes of at least 4 members (excludes halogenated alkanes) is 12. The van der Waals surface area contributed by atoms with Gasteiger partial charge in [0.05, 0.1) is 0 Å². The Hall–Kier alpha value is -3.02. The standard InChI is InChI=1S/C28H49NO2.C21H35NO2/c1-5-7-8-9-10-11-12-13-14-15-16-17-18-20-25-21-19-22-26(23-25)31-27(6-2)28(30)29-24(3)4;1-9-20(5,6)16-11-12-18(17(13-16)21(7,8)10-2)24-14-19(23)22-15(3)4/h19,21-24,27H,5-18,20H2,1-4H3,(H,29,30);11-13,15H,9-10,14H2,1-8H3,(H,22,23). The molecule has 314 valence electrons. The first-order valence-corrected chi connectivity index (χ1v) is 22.2. The quantitative estimate of drug-likeness (QED) is 0.0888. The van der Waals surface area contributed by atoms with Crippen LogP contribution in [-0.2, 0) is 26.8 Å². The first-order chi connectivity index (χ1) is 26.1. The number of carbonyl (C=O) groups is 2. The molecular formula is C49H84N2O4. The molecule has 1 unspecified atom stereocenters. The molecule has 0 aliphatic rings. The van der Waals surface area contributed by atoms with E-state index >= 15 is 0 Å². The second-order valence-corrected chi connectivity index (χ2v) is 17.5. The fraction of sp³-hybridized carbons (Fsp3) is 0.714. The smallest absolute Gasteiger partial charge is 0.261 e. The van der Waals surface area contributed by atoms with E-state index in [1.54, 1.807) is 0 Å². The third kappa shape index (κ3) is 21.2. The molecule has 0 saturated heterocycles. The SMILES string of the molecule is CCC(C)(C)c1ccc(OCC(=O)NC(C)C)c(C(C)(C)CC)c1.CCCCCCCCCCCCCCCc1cccc(OC(CC)C(=O)NC(C)C)c1. The maximum atomic E-state index is 12.2. The summed E-state index contributed by atoms with van der Waals surface area (Å²) >= 11 is 0. The van der Waals surface area contributed by atoms with Gasteiger partial charge >= 0.3 is 0 Å². The Labute approximate surface area is 339 Å². The molecule has 0 aliphatic heterocycles. The molecule has 0 fully saturated rings. The number of ether oxygens (including phenoxy) is 2. The number of rotatable bonds is 27. The summed E-state index contributed by atoms with van der Waals surface area (Å²) in [6, 6.07) is 15.0. The molecule has 2 amide bonds. The van der Waals surface area contributed by atoms with Gasteiger partial charge in [-0.2, -0.15) is 0 Å². The second kappa shape index (κ2) is 27.6. The summed E-state index contributed by atoms with van der Waals surface area (Å²) in [5.41, 5.74) is 3.94. The van der Waals surface area contributed by atoms with E-state index in [1.165, 1.54) is 100 Å². The highest BCUT2D eigenvalue weighted by Crippen LogP contribution is 2.38. The van der Waals surface area contributed by atoms with E-state index in [4.69, 9.17) is 9.47 Å². The van der Waals surface area contributed by atoms with Crippen LogP contribution in [0.25, 0.3) is 0 Å². The van der Waals surface area contributed by atoms with Gasteiger partial charge in [0.2, 0.25) is 0 Å². The molecule has 0 spiro atoms. The van der Waals surface area contributed by atoms with Crippen LogP contribution in [0.2, 0.25) is 0 Å².